The number of hydrogen-bond donors (Lipinski definition) is 0. The normalized spacial score (nSPS) is 55.5. The zero-order valence-electron chi connectivity index (χ0n) is 12.2. The summed E-state index contributed by atoms with van der Waals surface area (Å²) in [7, 11) is 0. The highest BCUT2D eigenvalue weighted by Crippen LogP contribution is 2.27. The van der Waals surface area contributed by atoms with E-state index in [2.05, 4.69) is 0 Å². The molecule has 0 bridgehead atoms. The van der Waals surface area contributed by atoms with Crippen LogP contribution in [0.4, 0.5) is 0 Å². The van der Waals surface area contributed by atoms with Crippen LogP contribution in [0.15, 0.2) is 0 Å². The topological polar surface area (TPSA) is 138 Å². The Balaban J connectivity index is 0.000000200. The van der Waals surface area contributed by atoms with E-state index in [0.717, 1.165) is 0 Å². The van der Waals surface area contributed by atoms with E-state index in [1.165, 1.54) is 0 Å². The molecule has 120 valence electrons. The SMILES string of the molecule is CC1C([O-])C(C)C([O-])C1[O-].CC1C([O-])C(C)C([O-])C1[O-]. The van der Waals surface area contributed by atoms with Crippen LogP contribution in [0.25, 0.3) is 0 Å². The molecule has 0 aromatic carbocycles. The van der Waals surface area contributed by atoms with E-state index in [0.29, 0.717) is 0 Å². The lowest BCUT2D eigenvalue weighted by Gasteiger charge is -2.35. The molecule has 8 atom stereocenters. The largest absolute Gasteiger partial charge is 0.853 e. The summed E-state index contributed by atoms with van der Waals surface area (Å²) >= 11 is 0. The highest BCUT2D eigenvalue weighted by atomic mass is 16.3. The van der Waals surface area contributed by atoms with Gasteiger partial charge in [0, 0.05) is 0 Å². The molecule has 20 heavy (non-hydrogen) atoms. The summed E-state index contributed by atoms with van der Waals surface area (Å²) in [5, 5.41) is 65.6. The maximum atomic E-state index is 11.0. The molecule has 2 aliphatic carbocycles. The van der Waals surface area contributed by atoms with Crippen molar-refractivity contribution < 1.29 is 30.6 Å². The van der Waals surface area contributed by atoms with Gasteiger partial charge in [-0.05, 0) is 0 Å². The maximum absolute atomic E-state index is 11.0. The van der Waals surface area contributed by atoms with E-state index in [9.17, 15) is 30.6 Å². The zero-order chi connectivity index (χ0) is 15.8. The van der Waals surface area contributed by atoms with Crippen LogP contribution >= 0.6 is 0 Å². The van der Waals surface area contributed by atoms with Crippen molar-refractivity contribution in [2.75, 3.05) is 0 Å². The molecular formula is C14H22O6-6. The predicted molar refractivity (Wildman–Crippen MR) is 59.4 cm³/mol. The minimum Gasteiger partial charge on any atom is -0.853 e. The third kappa shape index (κ3) is 3.16. The molecule has 2 fully saturated rings. The van der Waals surface area contributed by atoms with Crippen molar-refractivity contribution in [1.82, 2.24) is 0 Å². The monoisotopic (exact) mass is 286 g/mol. The quantitative estimate of drug-likeness (QED) is 0.436. The predicted octanol–water partition coefficient (Wildman–Crippen LogP) is -5.08. The summed E-state index contributed by atoms with van der Waals surface area (Å²) in [6.07, 6.45) is -6.61. The summed E-state index contributed by atoms with van der Waals surface area (Å²) in [6.45, 7) is 6.29. The smallest absolute Gasteiger partial charge is 0.0646 e. The van der Waals surface area contributed by atoms with E-state index < -0.39 is 60.3 Å². The first-order valence-corrected chi connectivity index (χ1v) is 7.06. The summed E-state index contributed by atoms with van der Waals surface area (Å²) in [5.74, 6) is -1.95. The van der Waals surface area contributed by atoms with Crippen LogP contribution in [0.1, 0.15) is 27.7 Å². The Morgan fingerprint density at radius 2 is 0.500 bits per heavy atom. The lowest BCUT2D eigenvalue weighted by atomic mass is 10.0. The molecule has 0 aromatic rings. The van der Waals surface area contributed by atoms with Gasteiger partial charge in [0.1, 0.15) is 0 Å². The lowest BCUT2D eigenvalue weighted by molar-refractivity contribution is -0.531. The highest BCUT2D eigenvalue weighted by Gasteiger charge is 2.27. The zero-order valence-corrected chi connectivity index (χ0v) is 12.2. The van der Waals surface area contributed by atoms with Gasteiger partial charge in [0.2, 0.25) is 0 Å². The summed E-state index contributed by atoms with van der Waals surface area (Å²) < 4.78 is 0. The molecule has 0 aromatic heterocycles. The van der Waals surface area contributed by atoms with Crippen LogP contribution in [0, 0.1) is 23.7 Å². The van der Waals surface area contributed by atoms with Gasteiger partial charge >= 0.3 is 0 Å². The minimum absolute atomic E-state index is 0.488. The molecule has 0 amide bonds. The van der Waals surface area contributed by atoms with Crippen molar-refractivity contribution in [2.45, 2.75) is 64.3 Å². The van der Waals surface area contributed by atoms with Gasteiger partial charge in [-0.1, -0.05) is 51.4 Å². The molecule has 0 radical (unpaired) electrons. The van der Waals surface area contributed by atoms with Crippen molar-refractivity contribution >= 4 is 0 Å². The van der Waals surface area contributed by atoms with Crippen molar-refractivity contribution in [3.63, 3.8) is 0 Å². The first kappa shape index (κ1) is 17.8. The Hall–Kier alpha value is -0.240. The van der Waals surface area contributed by atoms with Gasteiger partial charge in [-0.2, -0.15) is 0 Å². The fourth-order valence-electron chi connectivity index (χ4n) is 2.90. The molecule has 2 rings (SSSR count). The van der Waals surface area contributed by atoms with Gasteiger partial charge in [0.05, 0.1) is 0 Å². The van der Waals surface area contributed by atoms with Gasteiger partial charge in [-0.3, -0.25) is 0 Å². The molecule has 0 aliphatic heterocycles. The fourth-order valence-corrected chi connectivity index (χ4v) is 2.90. The van der Waals surface area contributed by atoms with Crippen molar-refractivity contribution in [3.05, 3.63) is 0 Å². The Morgan fingerprint density at radius 1 is 0.350 bits per heavy atom. The van der Waals surface area contributed by atoms with Crippen molar-refractivity contribution in [3.8, 4) is 0 Å². The first-order valence-electron chi connectivity index (χ1n) is 7.06. The average Bonchev–Trinajstić information content (AvgIpc) is 2.71. The Kier molecular flexibility index (Phi) is 5.95. The average molecular weight is 286 g/mol. The third-order valence-electron chi connectivity index (χ3n) is 4.79. The third-order valence-corrected chi connectivity index (χ3v) is 4.79. The molecule has 2 aliphatic rings. The lowest BCUT2D eigenvalue weighted by Crippen LogP contribution is -2.47. The van der Waals surface area contributed by atoms with Gasteiger partial charge in [-0.15, -0.1) is 36.6 Å². The molecule has 0 N–H and O–H groups in total. The molecule has 6 heteroatoms. The Bertz CT molecular complexity index is 192. The summed E-state index contributed by atoms with van der Waals surface area (Å²) in [6, 6.07) is 0. The Labute approximate surface area is 119 Å². The van der Waals surface area contributed by atoms with Crippen molar-refractivity contribution in [2.24, 2.45) is 23.7 Å². The van der Waals surface area contributed by atoms with Crippen LogP contribution in [0.3, 0.4) is 0 Å². The maximum Gasteiger partial charge on any atom is -0.0646 e. The van der Waals surface area contributed by atoms with E-state index in [1.54, 1.807) is 27.7 Å². The number of rotatable bonds is 0. The van der Waals surface area contributed by atoms with Gasteiger partial charge in [0.25, 0.3) is 0 Å². The molecule has 8 unspecified atom stereocenters. The van der Waals surface area contributed by atoms with Crippen LogP contribution in [-0.4, -0.2) is 36.6 Å². The second-order valence-electron chi connectivity index (χ2n) is 6.22. The van der Waals surface area contributed by atoms with Crippen molar-refractivity contribution in [1.29, 1.82) is 0 Å². The molecular weight excluding hydrogens is 264 g/mol. The van der Waals surface area contributed by atoms with Gasteiger partial charge in [0.15, 0.2) is 0 Å². The summed E-state index contributed by atoms with van der Waals surface area (Å²) in [5.41, 5.74) is 0. The van der Waals surface area contributed by atoms with E-state index in [1.807, 2.05) is 0 Å². The van der Waals surface area contributed by atoms with Crippen LogP contribution < -0.4 is 30.6 Å². The first-order chi connectivity index (χ1) is 9.11. The highest BCUT2D eigenvalue weighted by molar-refractivity contribution is 4.91. The van der Waals surface area contributed by atoms with Crippen LogP contribution in [0.2, 0.25) is 0 Å². The molecule has 0 spiro atoms. The molecule has 2 saturated carbocycles. The van der Waals surface area contributed by atoms with E-state index in [-0.39, 0.29) is 0 Å². The minimum atomic E-state index is -1.18. The van der Waals surface area contributed by atoms with Crippen LogP contribution in [0.5, 0.6) is 0 Å². The number of hydrogen-bond acceptors (Lipinski definition) is 6. The second kappa shape index (κ2) is 6.68. The molecule has 0 heterocycles. The second-order valence-corrected chi connectivity index (χ2v) is 6.22. The van der Waals surface area contributed by atoms with E-state index >= 15 is 0 Å². The van der Waals surface area contributed by atoms with E-state index in [4.69, 9.17) is 0 Å². The standard InChI is InChI=1S/2C7H11O3/c2*1-3-5(8)4(2)7(10)6(3)9/h2*3-7H,1-2H3/q2*-3. The molecule has 0 saturated heterocycles. The van der Waals surface area contributed by atoms with Gasteiger partial charge in [-0.25, -0.2) is 0 Å². The van der Waals surface area contributed by atoms with Gasteiger partial charge < -0.3 is 30.6 Å². The molecule has 6 nitrogen and oxygen atoms in total. The van der Waals surface area contributed by atoms with Crippen LogP contribution in [-0.2, 0) is 0 Å². The summed E-state index contributed by atoms with van der Waals surface area (Å²) in [4.78, 5) is 0. The fraction of sp³-hybridized carbons (Fsp3) is 1.00. The Morgan fingerprint density at radius 3 is 0.550 bits per heavy atom.